The Kier molecular flexibility index (Phi) is 4.78. The number of hydrogen-bond donors (Lipinski definition) is 1. The van der Waals surface area contributed by atoms with Crippen molar-refractivity contribution in [2.45, 2.75) is 12.8 Å². The van der Waals surface area contributed by atoms with E-state index in [2.05, 4.69) is 17.4 Å². The summed E-state index contributed by atoms with van der Waals surface area (Å²) in [7, 11) is 0. The van der Waals surface area contributed by atoms with Crippen LogP contribution in [0.5, 0.6) is 0 Å². The number of aryl methyl sites for hydroxylation is 1. The van der Waals surface area contributed by atoms with Gasteiger partial charge < -0.3 is 10.1 Å². The quantitative estimate of drug-likeness (QED) is 0.783. The van der Waals surface area contributed by atoms with Crippen molar-refractivity contribution >= 4 is 12.0 Å². The molecule has 0 aliphatic carbocycles. The molecule has 1 aromatic carbocycles. The summed E-state index contributed by atoms with van der Waals surface area (Å²) in [5.74, 6) is -0.132. The predicted octanol–water partition coefficient (Wildman–Crippen LogP) is 1.19. The van der Waals surface area contributed by atoms with Crippen LogP contribution in [0.2, 0.25) is 0 Å². The fraction of sp³-hybridized carbons (Fsp3) is 0.429. The highest BCUT2D eigenvalue weighted by Crippen LogP contribution is 2.03. The van der Waals surface area contributed by atoms with Crippen LogP contribution in [0.1, 0.15) is 12.0 Å². The largest absolute Gasteiger partial charge is 0.448 e. The van der Waals surface area contributed by atoms with Crippen molar-refractivity contribution in [3.05, 3.63) is 35.9 Å². The lowest BCUT2D eigenvalue weighted by molar-refractivity contribution is -0.121. The molecule has 5 nitrogen and oxygen atoms in total. The third-order valence-electron chi connectivity index (χ3n) is 2.99. The van der Waals surface area contributed by atoms with Crippen molar-refractivity contribution in [1.29, 1.82) is 0 Å². The maximum absolute atomic E-state index is 11.6. The number of carbonyl (C=O) groups is 2. The molecule has 2 amide bonds. The topological polar surface area (TPSA) is 58.6 Å². The summed E-state index contributed by atoms with van der Waals surface area (Å²) in [4.78, 5) is 24.2. The zero-order valence-electron chi connectivity index (χ0n) is 10.8. The zero-order valence-corrected chi connectivity index (χ0v) is 10.8. The molecule has 102 valence electrons. The van der Waals surface area contributed by atoms with Crippen LogP contribution in [0.25, 0.3) is 0 Å². The molecule has 1 aliphatic rings. The van der Waals surface area contributed by atoms with Crippen molar-refractivity contribution in [3.8, 4) is 0 Å². The maximum atomic E-state index is 11.6. The second kappa shape index (κ2) is 6.78. The molecule has 0 spiro atoms. The minimum absolute atomic E-state index is 0.0875. The van der Waals surface area contributed by atoms with Gasteiger partial charge in [-0.3, -0.25) is 9.69 Å². The molecule has 1 aliphatic heterocycles. The summed E-state index contributed by atoms with van der Waals surface area (Å²) in [6, 6.07) is 10.1. The fourth-order valence-corrected chi connectivity index (χ4v) is 1.96. The Labute approximate surface area is 112 Å². The molecule has 1 heterocycles. The predicted molar refractivity (Wildman–Crippen MR) is 70.7 cm³/mol. The summed E-state index contributed by atoms with van der Waals surface area (Å²) in [5, 5.41) is 2.81. The Morgan fingerprint density at radius 1 is 1.32 bits per heavy atom. The first-order valence-corrected chi connectivity index (χ1v) is 6.48. The van der Waals surface area contributed by atoms with Gasteiger partial charge in [0.25, 0.3) is 0 Å². The number of nitrogens with zero attached hydrogens (tertiary/aromatic N) is 1. The summed E-state index contributed by atoms with van der Waals surface area (Å²) in [6.45, 7) is 1.58. The average molecular weight is 262 g/mol. The Balaban J connectivity index is 1.60. The number of hydrogen-bond acceptors (Lipinski definition) is 3. The van der Waals surface area contributed by atoms with Crippen LogP contribution in [0, 0.1) is 0 Å². The van der Waals surface area contributed by atoms with Gasteiger partial charge in [0.1, 0.15) is 13.2 Å². The molecule has 0 aromatic heterocycles. The fourth-order valence-electron chi connectivity index (χ4n) is 1.96. The van der Waals surface area contributed by atoms with E-state index in [1.807, 2.05) is 18.2 Å². The van der Waals surface area contributed by atoms with Crippen LogP contribution in [-0.2, 0) is 16.0 Å². The van der Waals surface area contributed by atoms with Crippen LogP contribution < -0.4 is 5.32 Å². The number of carbonyl (C=O) groups excluding carboxylic acids is 2. The van der Waals surface area contributed by atoms with Gasteiger partial charge in [-0.25, -0.2) is 4.79 Å². The molecule has 0 radical (unpaired) electrons. The number of nitrogens with one attached hydrogen (secondary N) is 1. The Bertz CT molecular complexity index is 434. The van der Waals surface area contributed by atoms with Crippen LogP contribution in [0.15, 0.2) is 30.3 Å². The van der Waals surface area contributed by atoms with Gasteiger partial charge in [0.15, 0.2) is 0 Å². The van der Waals surface area contributed by atoms with Crippen LogP contribution in [0.4, 0.5) is 4.79 Å². The van der Waals surface area contributed by atoms with E-state index >= 15 is 0 Å². The van der Waals surface area contributed by atoms with Gasteiger partial charge in [0.05, 0.1) is 6.54 Å². The molecule has 1 saturated heterocycles. The van der Waals surface area contributed by atoms with Gasteiger partial charge in [-0.1, -0.05) is 30.3 Å². The molecular weight excluding hydrogens is 244 g/mol. The van der Waals surface area contributed by atoms with Crippen LogP contribution in [0.3, 0.4) is 0 Å². The van der Waals surface area contributed by atoms with Crippen LogP contribution in [-0.4, -0.2) is 43.1 Å². The van der Waals surface area contributed by atoms with E-state index in [1.165, 1.54) is 10.5 Å². The molecule has 19 heavy (non-hydrogen) atoms. The highest BCUT2D eigenvalue weighted by atomic mass is 16.6. The van der Waals surface area contributed by atoms with Gasteiger partial charge in [0.2, 0.25) is 5.91 Å². The van der Waals surface area contributed by atoms with Gasteiger partial charge in [0, 0.05) is 6.54 Å². The Morgan fingerprint density at radius 3 is 2.79 bits per heavy atom. The molecule has 0 saturated carbocycles. The monoisotopic (exact) mass is 262 g/mol. The van der Waals surface area contributed by atoms with Gasteiger partial charge in [-0.05, 0) is 18.4 Å². The lowest BCUT2D eigenvalue weighted by atomic mass is 10.1. The van der Waals surface area contributed by atoms with Crippen molar-refractivity contribution in [2.75, 3.05) is 26.2 Å². The van der Waals surface area contributed by atoms with Crippen molar-refractivity contribution in [2.24, 2.45) is 0 Å². The smallest absolute Gasteiger partial charge is 0.410 e. The average Bonchev–Trinajstić information content (AvgIpc) is 2.82. The van der Waals surface area contributed by atoms with Gasteiger partial charge in [-0.2, -0.15) is 0 Å². The van der Waals surface area contributed by atoms with Gasteiger partial charge in [-0.15, -0.1) is 0 Å². The first-order valence-electron chi connectivity index (χ1n) is 6.48. The standard InChI is InChI=1S/C14H18N2O3/c17-13(11-16-9-10-19-14(16)18)15-8-4-7-12-5-2-1-3-6-12/h1-3,5-6H,4,7-11H2,(H,15,17). The van der Waals surface area contributed by atoms with Crippen LogP contribution >= 0.6 is 0 Å². The van der Waals surface area contributed by atoms with Crippen molar-refractivity contribution in [1.82, 2.24) is 10.2 Å². The van der Waals surface area contributed by atoms with E-state index in [0.29, 0.717) is 19.7 Å². The molecule has 1 fully saturated rings. The van der Waals surface area contributed by atoms with E-state index < -0.39 is 6.09 Å². The highest BCUT2D eigenvalue weighted by Gasteiger charge is 2.23. The van der Waals surface area contributed by atoms with E-state index in [4.69, 9.17) is 4.74 Å². The molecule has 0 unspecified atom stereocenters. The highest BCUT2D eigenvalue weighted by molar-refractivity contribution is 5.82. The summed E-state index contributed by atoms with van der Waals surface area (Å²) in [5.41, 5.74) is 1.26. The number of amides is 2. The molecule has 2 rings (SSSR count). The molecule has 0 bridgehead atoms. The van der Waals surface area contributed by atoms with E-state index in [0.717, 1.165) is 12.8 Å². The second-order valence-corrected chi connectivity index (χ2v) is 4.48. The Morgan fingerprint density at radius 2 is 2.11 bits per heavy atom. The van der Waals surface area contributed by atoms with E-state index in [9.17, 15) is 9.59 Å². The van der Waals surface area contributed by atoms with Crippen molar-refractivity contribution in [3.63, 3.8) is 0 Å². The summed E-state index contributed by atoms with van der Waals surface area (Å²) < 4.78 is 4.76. The lowest BCUT2D eigenvalue weighted by Crippen LogP contribution is -2.38. The third kappa shape index (κ3) is 4.28. The number of benzene rings is 1. The maximum Gasteiger partial charge on any atom is 0.410 e. The zero-order chi connectivity index (χ0) is 13.5. The molecular formula is C14H18N2O3. The van der Waals surface area contributed by atoms with E-state index in [-0.39, 0.29) is 12.5 Å². The lowest BCUT2D eigenvalue weighted by Gasteiger charge is -2.12. The summed E-state index contributed by atoms with van der Waals surface area (Å²) >= 11 is 0. The second-order valence-electron chi connectivity index (χ2n) is 4.48. The molecule has 1 aromatic rings. The minimum atomic E-state index is -0.403. The van der Waals surface area contributed by atoms with Crippen molar-refractivity contribution < 1.29 is 14.3 Å². The molecule has 1 N–H and O–H groups in total. The van der Waals surface area contributed by atoms with Gasteiger partial charge >= 0.3 is 6.09 Å². The molecule has 5 heteroatoms. The SMILES string of the molecule is O=C(CN1CCOC1=O)NCCCc1ccccc1. The van der Waals surface area contributed by atoms with E-state index in [1.54, 1.807) is 0 Å². The number of cyclic esters (lactones) is 1. The first-order chi connectivity index (χ1) is 9.25. The third-order valence-corrected chi connectivity index (χ3v) is 2.99. The number of rotatable bonds is 6. The summed E-state index contributed by atoms with van der Waals surface area (Å²) in [6.07, 6.45) is 1.42. The molecule has 0 atom stereocenters. The minimum Gasteiger partial charge on any atom is -0.448 e. The number of ether oxygens (including phenoxy) is 1. The Hall–Kier alpha value is -2.04. The first kappa shape index (κ1) is 13.4. The normalized spacial score (nSPS) is 14.3.